The van der Waals surface area contributed by atoms with E-state index in [0.717, 1.165) is 6.26 Å². The zero-order chi connectivity index (χ0) is 16.2. The van der Waals surface area contributed by atoms with Gasteiger partial charge in [0, 0.05) is 32.4 Å². The van der Waals surface area contributed by atoms with Crippen molar-refractivity contribution in [1.29, 1.82) is 0 Å². The summed E-state index contributed by atoms with van der Waals surface area (Å²) >= 11 is 0. The van der Waals surface area contributed by atoms with E-state index in [1.807, 2.05) is 0 Å². The lowest BCUT2D eigenvalue weighted by molar-refractivity contribution is -0.135. The Labute approximate surface area is 128 Å². The minimum Gasteiger partial charge on any atom is -0.451 e. The molecular weight excluding hydrogens is 310 g/mol. The molecule has 0 N–H and O–H groups in total. The summed E-state index contributed by atoms with van der Waals surface area (Å²) in [4.78, 5) is 28.9. The van der Waals surface area contributed by atoms with Crippen molar-refractivity contribution in [3.8, 4) is 0 Å². The summed E-state index contributed by atoms with van der Waals surface area (Å²) in [7, 11) is -3.24. The van der Waals surface area contributed by atoms with Crippen LogP contribution in [0.4, 0.5) is 0 Å². The van der Waals surface area contributed by atoms with Crippen LogP contribution in [0.5, 0.6) is 0 Å². The Kier molecular flexibility index (Phi) is 5.09. The van der Waals surface area contributed by atoms with Crippen LogP contribution in [0.3, 0.4) is 0 Å². The van der Waals surface area contributed by atoms with E-state index in [1.165, 1.54) is 21.5 Å². The SMILES string of the molecule is CS(=O)(=O)N1CCN(C(=O)COC(=O)c2ccccn2)CC1. The zero-order valence-electron chi connectivity index (χ0n) is 12.1. The Balaban J connectivity index is 1.81. The molecule has 1 aromatic heterocycles. The number of carbonyl (C=O) groups is 2. The van der Waals surface area contributed by atoms with Crippen LogP contribution < -0.4 is 0 Å². The predicted molar refractivity (Wildman–Crippen MR) is 77.5 cm³/mol. The Morgan fingerprint density at radius 2 is 1.91 bits per heavy atom. The molecule has 120 valence electrons. The summed E-state index contributed by atoms with van der Waals surface area (Å²) in [6.07, 6.45) is 2.60. The highest BCUT2D eigenvalue weighted by Crippen LogP contribution is 2.06. The number of rotatable bonds is 4. The lowest BCUT2D eigenvalue weighted by Gasteiger charge is -2.33. The van der Waals surface area contributed by atoms with Crippen LogP contribution >= 0.6 is 0 Å². The highest BCUT2D eigenvalue weighted by molar-refractivity contribution is 7.88. The summed E-state index contributed by atoms with van der Waals surface area (Å²) in [5, 5.41) is 0. The van der Waals surface area contributed by atoms with Crippen LogP contribution in [0.15, 0.2) is 24.4 Å². The van der Waals surface area contributed by atoms with Gasteiger partial charge in [0.15, 0.2) is 6.61 Å². The van der Waals surface area contributed by atoms with Crippen molar-refractivity contribution >= 4 is 21.9 Å². The fourth-order valence-corrected chi connectivity index (χ4v) is 2.87. The molecule has 0 radical (unpaired) electrons. The van der Waals surface area contributed by atoms with Gasteiger partial charge in [0.05, 0.1) is 6.26 Å². The highest BCUT2D eigenvalue weighted by atomic mass is 32.2. The predicted octanol–water partition coefficient (Wildman–Crippen LogP) is -0.658. The van der Waals surface area contributed by atoms with Gasteiger partial charge in [-0.15, -0.1) is 0 Å². The van der Waals surface area contributed by atoms with Gasteiger partial charge in [-0.3, -0.25) is 4.79 Å². The molecule has 8 nitrogen and oxygen atoms in total. The molecule has 1 aliphatic heterocycles. The summed E-state index contributed by atoms with van der Waals surface area (Å²) in [6, 6.07) is 4.82. The highest BCUT2D eigenvalue weighted by Gasteiger charge is 2.26. The fraction of sp³-hybridized carbons (Fsp3) is 0.462. The van der Waals surface area contributed by atoms with Crippen molar-refractivity contribution in [1.82, 2.24) is 14.2 Å². The van der Waals surface area contributed by atoms with E-state index in [4.69, 9.17) is 4.74 Å². The van der Waals surface area contributed by atoms with Crippen molar-refractivity contribution in [2.45, 2.75) is 0 Å². The third-order valence-corrected chi connectivity index (χ3v) is 4.56. The zero-order valence-corrected chi connectivity index (χ0v) is 13.0. The number of piperazine rings is 1. The number of hydrogen-bond acceptors (Lipinski definition) is 6. The lowest BCUT2D eigenvalue weighted by Crippen LogP contribution is -2.51. The number of amides is 1. The van der Waals surface area contributed by atoms with Gasteiger partial charge in [-0.05, 0) is 12.1 Å². The first kappa shape index (κ1) is 16.4. The molecule has 9 heteroatoms. The minimum atomic E-state index is -3.24. The molecule has 0 atom stereocenters. The van der Waals surface area contributed by atoms with Crippen molar-refractivity contribution < 1.29 is 22.7 Å². The second-order valence-electron chi connectivity index (χ2n) is 4.83. The van der Waals surface area contributed by atoms with Gasteiger partial charge in [0.2, 0.25) is 10.0 Å². The van der Waals surface area contributed by atoms with E-state index < -0.39 is 16.0 Å². The Morgan fingerprint density at radius 1 is 1.23 bits per heavy atom. The van der Waals surface area contributed by atoms with Gasteiger partial charge < -0.3 is 9.64 Å². The molecule has 0 aromatic carbocycles. The molecule has 22 heavy (non-hydrogen) atoms. The standard InChI is InChI=1S/C13H17N3O5S/c1-22(19,20)16-8-6-15(7-9-16)12(17)10-21-13(18)11-4-2-3-5-14-11/h2-5H,6-10H2,1H3. The topological polar surface area (TPSA) is 96.9 Å². The molecular formula is C13H17N3O5S. The van der Waals surface area contributed by atoms with Crippen molar-refractivity contribution in [3.63, 3.8) is 0 Å². The Morgan fingerprint density at radius 3 is 2.45 bits per heavy atom. The van der Waals surface area contributed by atoms with E-state index in [-0.39, 0.29) is 44.4 Å². The smallest absolute Gasteiger partial charge is 0.357 e. The van der Waals surface area contributed by atoms with E-state index in [1.54, 1.807) is 12.1 Å². The summed E-state index contributed by atoms with van der Waals surface area (Å²) in [5.74, 6) is -1.01. The van der Waals surface area contributed by atoms with Gasteiger partial charge in [-0.25, -0.2) is 18.2 Å². The Hall–Kier alpha value is -2.00. The molecule has 0 unspecified atom stereocenters. The maximum atomic E-state index is 12.0. The molecule has 1 amide bonds. The van der Waals surface area contributed by atoms with Crippen molar-refractivity contribution in [2.75, 3.05) is 39.0 Å². The van der Waals surface area contributed by atoms with Gasteiger partial charge in [-0.2, -0.15) is 4.31 Å². The quantitative estimate of drug-likeness (QED) is 0.681. The van der Waals surface area contributed by atoms with Crippen LogP contribution in [-0.4, -0.2) is 73.5 Å². The number of pyridine rings is 1. The van der Waals surface area contributed by atoms with Crippen LogP contribution in [0.1, 0.15) is 10.5 Å². The molecule has 2 heterocycles. The molecule has 1 saturated heterocycles. The molecule has 1 aliphatic rings. The van der Waals surface area contributed by atoms with Gasteiger partial charge in [0.1, 0.15) is 5.69 Å². The van der Waals surface area contributed by atoms with Crippen LogP contribution in [-0.2, 0) is 19.6 Å². The largest absolute Gasteiger partial charge is 0.451 e. The minimum absolute atomic E-state index is 0.136. The second kappa shape index (κ2) is 6.84. The van der Waals surface area contributed by atoms with E-state index in [0.29, 0.717) is 0 Å². The average molecular weight is 327 g/mol. The van der Waals surface area contributed by atoms with Crippen LogP contribution in [0.25, 0.3) is 0 Å². The molecule has 0 aliphatic carbocycles. The normalized spacial score (nSPS) is 16.3. The number of carbonyl (C=O) groups excluding carboxylic acids is 2. The number of nitrogens with zero attached hydrogens (tertiary/aromatic N) is 3. The number of ether oxygens (including phenoxy) is 1. The van der Waals surface area contributed by atoms with Gasteiger partial charge in [-0.1, -0.05) is 6.07 Å². The monoisotopic (exact) mass is 327 g/mol. The van der Waals surface area contributed by atoms with Crippen LogP contribution in [0, 0.1) is 0 Å². The number of hydrogen-bond donors (Lipinski definition) is 0. The van der Waals surface area contributed by atoms with Gasteiger partial charge in [0.25, 0.3) is 5.91 Å². The molecule has 0 bridgehead atoms. The molecule has 0 saturated carbocycles. The maximum Gasteiger partial charge on any atom is 0.357 e. The number of aromatic nitrogens is 1. The van der Waals surface area contributed by atoms with Gasteiger partial charge >= 0.3 is 5.97 Å². The molecule has 1 aromatic rings. The average Bonchev–Trinajstić information content (AvgIpc) is 2.52. The maximum absolute atomic E-state index is 12.0. The number of sulfonamides is 1. The molecule has 2 rings (SSSR count). The number of esters is 1. The summed E-state index contributed by atoms with van der Waals surface area (Å²) in [6.45, 7) is 0.686. The van der Waals surface area contributed by atoms with E-state index >= 15 is 0 Å². The third kappa shape index (κ3) is 4.25. The molecule has 1 fully saturated rings. The first-order valence-electron chi connectivity index (χ1n) is 6.69. The van der Waals surface area contributed by atoms with E-state index in [2.05, 4.69) is 4.98 Å². The first-order chi connectivity index (χ1) is 10.4. The van der Waals surface area contributed by atoms with Crippen molar-refractivity contribution in [2.24, 2.45) is 0 Å². The summed E-state index contributed by atoms with van der Waals surface area (Å²) < 4.78 is 29.0. The van der Waals surface area contributed by atoms with Crippen molar-refractivity contribution in [3.05, 3.63) is 30.1 Å². The Bertz CT molecular complexity index is 639. The first-order valence-corrected chi connectivity index (χ1v) is 8.54. The summed E-state index contributed by atoms with van der Waals surface area (Å²) in [5.41, 5.74) is 0.136. The lowest BCUT2D eigenvalue weighted by atomic mass is 10.3. The third-order valence-electron chi connectivity index (χ3n) is 3.26. The second-order valence-corrected chi connectivity index (χ2v) is 6.82. The molecule has 0 spiro atoms. The fourth-order valence-electron chi connectivity index (χ4n) is 2.05. The van der Waals surface area contributed by atoms with Crippen LogP contribution in [0.2, 0.25) is 0 Å². The van der Waals surface area contributed by atoms with E-state index in [9.17, 15) is 18.0 Å².